The summed E-state index contributed by atoms with van der Waals surface area (Å²) in [6.45, 7) is 5.94. The fraction of sp³-hybridized carbons (Fsp3) is 0.385. The van der Waals surface area contributed by atoms with Crippen molar-refractivity contribution in [1.82, 2.24) is 15.3 Å². The third kappa shape index (κ3) is 2.22. The molecule has 1 aliphatic rings. The summed E-state index contributed by atoms with van der Waals surface area (Å²) in [5.41, 5.74) is 0.963. The fourth-order valence-corrected chi connectivity index (χ4v) is 2.12. The van der Waals surface area contributed by atoms with E-state index in [0.717, 1.165) is 43.5 Å². The summed E-state index contributed by atoms with van der Waals surface area (Å²) in [6, 6.07) is 5.76. The van der Waals surface area contributed by atoms with Crippen molar-refractivity contribution >= 4 is 5.82 Å². The average molecular weight is 244 g/mol. The molecule has 1 fully saturated rings. The van der Waals surface area contributed by atoms with Crippen LogP contribution in [0.25, 0.3) is 11.6 Å². The first-order valence-electron chi connectivity index (χ1n) is 6.18. The second-order valence-corrected chi connectivity index (χ2v) is 4.41. The van der Waals surface area contributed by atoms with Gasteiger partial charge in [0.2, 0.25) is 0 Å². The number of aryl methyl sites for hydroxylation is 1. The number of rotatable bonds is 2. The molecule has 5 nitrogen and oxygen atoms in total. The highest BCUT2D eigenvalue weighted by Crippen LogP contribution is 2.20. The predicted molar refractivity (Wildman–Crippen MR) is 69.6 cm³/mol. The highest BCUT2D eigenvalue weighted by Gasteiger charge is 2.14. The van der Waals surface area contributed by atoms with Crippen LogP contribution in [0.5, 0.6) is 0 Å². The van der Waals surface area contributed by atoms with E-state index in [4.69, 9.17) is 4.42 Å². The van der Waals surface area contributed by atoms with Crippen molar-refractivity contribution in [3.05, 3.63) is 30.2 Å². The smallest absolute Gasteiger partial charge is 0.197 e. The number of anilines is 1. The van der Waals surface area contributed by atoms with E-state index in [1.54, 1.807) is 6.26 Å². The summed E-state index contributed by atoms with van der Waals surface area (Å²) in [6.07, 6.45) is 1.64. The Labute approximate surface area is 106 Å². The first-order chi connectivity index (χ1) is 8.83. The van der Waals surface area contributed by atoms with Gasteiger partial charge in [0.25, 0.3) is 0 Å². The van der Waals surface area contributed by atoms with Gasteiger partial charge in [-0.05, 0) is 19.1 Å². The van der Waals surface area contributed by atoms with Gasteiger partial charge in [-0.2, -0.15) is 0 Å². The molecule has 3 heterocycles. The summed E-state index contributed by atoms with van der Waals surface area (Å²) in [4.78, 5) is 11.3. The third-order valence-corrected chi connectivity index (χ3v) is 3.02. The highest BCUT2D eigenvalue weighted by atomic mass is 16.3. The Bertz CT molecular complexity index is 518. The van der Waals surface area contributed by atoms with Crippen molar-refractivity contribution in [2.24, 2.45) is 0 Å². The summed E-state index contributed by atoms with van der Waals surface area (Å²) in [5, 5.41) is 3.34. The van der Waals surface area contributed by atoms with E-state index in [1.165, 1.54) is 0 Å². The quantitative estimate of drug-likeness (QED) is 0.866. The largest absolute Gasteiger partial charge is 0.461 e. The highest BCUT2D eigenvalue weighted by molar-refractivity contribution is 5.52. The van der Waals surface area contributed by atoms with Crippen molar-refractivity contribution in [2.75, 3.05) is 31.1 Å². The molecule has 0 unspecified atom stereocenters. The van der Waals surface area contributed by atoms with E-state index in [0.29, 0.717) is 5.82 Å². The van der Waals surface area contributed by atoms with Crippen LogP contribution in [0.1, 0.15) is 5.69 Å². The molecule has 0 amide bonds. The van der Waals surface area contributed by atoms with Gasteiger partial charge in [0, 0.05) is 37.9 Å². The number of nitrogens with zero attached hydrogens (tertiary/aromatic N) is 3. The third-order valence-electron chi connectivity index (χ3n) is 3.02. The summed E-state index contributed by atoms with van der Waals surface area (Å²) < 4.78 is 5.36. The number of nitrogens with one attached hydrogen (secondary N) is 1. The van der Waals surface area contributed by atoms with Crippen molar-refractivity contribution < 1.29 is 4.42 Å². The lowest BCUT2D eigenvalue weighted by molar-refractivity contribution is 0.572. The van der Waals surface area contributed by atoms with Crippen LogP contribution in [0.3, 0.4) is 0 Å². The van der Waals surface area contributed by atoms with Crippen LogP contribution in [0.4, 0.5) is 5.82 Å². The van der Waals surface area contributed by atoms with Crippen molar-refractivity contribution in [2.45, 2.75) is 6.92 Å². The number of furan rings is 1. The topological polar surface area (TPSA) is 54.2 Å². The second kappa shape index (κ2) is 4.78. The van der Waals surface area contributed by atoms with Gasteiger partial charge in [0.1, 0.15) is 5.82 Å². The fourth-order valence-electron chi connectivity index (χ4n) is 2.12. The van der Waals surface area contributed by atoms with E-state index < -0.39 is 0 Å². The summed E-state index contributed by atoms with van der Waals surface area (Å²) >= 11 is 0. The van der Waals surface area contributed by atoms with Gasteiger partial charge in [0.05, 0.1) is 6.26 Å². The molecule has 18 heavy (non-hydrogen) atoms. The van der Waals surface area contributed by atoms with Gasteiger partial charge in [-0.1, -0.05) is 0 Å². The van der Waals surface area contributed by atoms with Crippen LogP contribution in [0, 0.1) is 6.92 Å². The molecule has 0 saturated carbocycles. The van der Waals surface area contributed by atoms with E-state index in [2.05, 4.69) is 20.2 Å². The van der Waals surface area contributed by atoms with Crippen LogP contribution < -0.4 is 10.2 Å². The number of hydrogen-bond donors (Lipinski definition) is 1. The molecular weight excluding hydrogens is 228 g/mol. The average Bonchev–Trinajstić information content (AvgIpc) is 2.93. The molecule has 1 aliphatic heterocycles. The maximum Gasteiger partial charge on any atom is 0.197 e. The molecule has 0 aromatic carbocycles. The molecule has 2 aromatic rings. The van der Waals surface area contributed by atoms with Gasteiger partial charge >= 0.3 is 0 Å². The Kier molecular flexibility index (Phi) is 2.98. The van der Waals surface area contributed by atoms with E-state index in [-0.39, 0.29) is 0 Å². The molecular formula is C13H16N4O. The van der Waals surface area contributed by atoms with Crippen LogP contribution in [0.2, 0.25) is 0 Å². The van der Waals surface area contributed by atoms with Crippen LogP contribution in [0.15, 0.2) is 28.9 Å². The Morgan fingerprint density at radius 3 is 2.83 bits per heavy atom. The normalized spacial score (nSPS) is 15.9. The van der Waals surface area contributed by atoms with Gasteiger partial charge in [-0.15, -0.1) is 0 Å². The first-order valence-corrected chi connectivity index (χ1v) is 6.18. The van der Waals surface area contributed by atoms with Gasteiger partial charge in [0.15, 0.2) is 11.6 Å². The zero-order valence-corrected chi connectivity index (χ0v) is 10.4. The van der Waals surface area contributed by atoms with E-state index in [1.807, 2.05) is 25.1 Å². The molecule has 3 rings (SSSR count). The number of piperazine rings is 1. The molecule has 0 spiro atoms. The van der Waals surface area contributed by atoms with E-state index in [9.17, 15) is 0 Å². The predicted octanol–water partition coefficient (Wildman–Crippen LogP) is 1.45. The maximum atomic E-state index is 5.36. The Morgan fingerprint density at radius 2 is 2.11 bits per heavy atom. The van der Waals surface area contributed by atoms with Crippen LogP contribution in [-0.4, -0.2) is 36.1 Å². The maximum absolute atomic E-state index is 5.36. The Hall–Kier alpha value is -1.88. The van der Waals surface area contributed by atoms with Crippen LogP contribution >= 0.6 is 0 Å². The van der Waals surface area contributed by atoms with E-state index >= 15 is 0 Å². The molecule has 1 saturated heterocycles. The van der Waals surface area contributed by atoms with Gasteiger partial charge in [-0.3, -0.25) is 0 Å². The van der Waals surface area contributed by atoms with Crippen molar-refractivity contribution in [1.29, 1.82) is 0 Å². The number of hydrogen-bond acceptors (Lipinski definition) is 5. The minimum atomic E-state index is 0.661. The molecule has 2 aromatic heterocycles. The SMILES string of the molecule is Cc1cc(N2CCNCC2)nc(-c2ccco2)n1. The molecule has 0 radical (unpaired) electrons. The lowest BCUT2D eigenvalue weighted by Gasteiger charge is -2.28. The first kappa shape index (κ1) is 11.2. The standard InChI is InChI=1S/C13H16N4O/c1-10-9-12(17-6-4-14-5-7-17)16-13(15-10)11-3-2-8-18-11/h2-3,8-9,14H,4-7H2,1H3. The summed E-state index contributed by atoms with van der Waals surface area (Å²) in [7, 11) is 0. The second-order valence-electron chi connectivity index (χ2n) is 4.41. The zero-order chi connectivity index (χ0) is 12.4. The lowest BCUT2D eigenvalue weighted by atomic mass is 10.3. The molecule has 0 bridgehead atoms. The Balaban J connectivity index is 1.95. The Morgan fingerprint density at radius 1 is 1.28 bits per heavy atom. The summed E-state index contributed by atoms with van der Waals surface area (Å²) in [5.74, 6) is 2.36. The molecule has 0 atom stereocenters. The van der Waals surface area contributed by atoms with Gasteiger partial charge < -0.3 is 14.6 Å². The molecule has 1 N–H and O–H groups in total. The molecule has 5 heteroatoms. The lowest BCUT2D eigenvalue weighted by Crippen LogP contribution is -2.44. The zero-order valence-electron chi connectivity index (χ0n) is 10.4. The monoisotopic (exact) mass is 244 g/mol. The number of aromatic nitrogens is 2. The molecule has 94 valence electrons. The minimum Gasteiger partial charge on any atom is -0.461 e. The molecule has 0 aliphatic carbocycles. The van der Waals surface area contributed by atoms with Crippen molar-refractivity contribution in [3.8, 4) is 11.6 Å². The van der Waals surface area contributed by atoms with Crippen molar-refractivity contribution in [3.63, 3.8) is 0 Å². The van der Waals surface area contributed by atoms with Crippen LogP contribution in [-0.2, 0) is 0 Å². The minimum absolute atomic E-state index is 0.661. The van der Waals surface area contributed by atoms with Gasteiger partial charge in [-0.25, -0.2) is 9.97 Å².